The predicted molar refractivity (Wildman–Crippen MR) is 108 cm³/mol. The fourth-order valence-corrected chi connectivity index (χ4v) is 4.09. The van der Waals surface area contributed by atoms with Gasteiger partial charge in [-0.05, 0) is 60.0 Å². The summed E-state index contributed by atoms with van der Waals surface area (Å²) in [5.41, 5.74) is 0.607. The van der Waals surface area contributed by atoms with Crippen molar-refractivity contribution in [3.63, 3.8) is 0 Å². The first kappa shape index (κ1) is 16.8. The second-order valence-corrected chi connectivity index (χ2v) is 7.27. The van der Waals surface area contributed by atoms with E-state index in [-0.39, 0.29) is 23.7 Å². The normalized spacial score (nSPS) is 21.2. The molecule has 3 aromatic rings. The first-order valence-corrected chi connectivity index (χ1v) is 9.50. The average Bonchev–Trinajstić information content (AvgIpc) is 2.99. The van der Waals surface area contributed by atoms with E-state index in [9.17, 15) is 9.59 Å². The molecule has 0 aromatic heterocycles. The molecule has 0 bridgehead atoms. The number of fused-ring (bicyclic) bond motifs is 2. The molecule has 2 unspecified atom stereocenters. The van der Waals surface area contributed by atoms with Crippen molar-refractivity contribution in [1.82, 2.24) is 0 Å². The highest BCUT2D eigenvalue weighted by molar-refractivity contribution is 6.22. The molecule has 0 radical (unpaired) electrons. The Bertz CT molecular complexity index is 1070. The van der Waals surface area contributed by atoms with Crippen molar-refractivity contribution in [2.24, 2.45) is 11.8 Å². The van der Waals surface area contributed by atoms with Gasteiger partial charge in [0.15, 0.2) is 0 Å². The van der Waals surface area contributed by atoms with Gasteiger partial charge in [0.05, 0.1) is 17.5 Å². The van der Waals surface area contributed by atoms with Gasteiger partial charge < -0.3 is 4.74 Å². The molecular weight excluding hydrogens is 350 g/mol. The highest BCUT2D eigenvalue weighted by Crippen LogP contribution is 2.38. The zero-order chi connectivity index (χ0) is 19.1. The number of benzene rings is 3. The topological polar surface area (TPSA) is 46.6 Å². The number of amides is 2. The van der Waals surface area contributed by atoms with E-state index >= 15 is 0 Å². The quantitative estimate of drug-likeness (QED) is 0.477. The van der Waals surface area contributed by atoms with Gasteiger partial charge in [0.1, 0.15) is 11.5 Å². The van der Waals surface area contributed by atoms with Gasteiger partial charge in [0, 0.05) is 0 Å². The van der Waals surface area contributed by atoms with Crippen LogP contribution in [0.3, 0.4) is 0 Å². The number of anilines is 1. The molecule has 4 nitrogen and oxygen atoms in total. The standard InChI is InChI=1S/C24H19NO3/c26-23-21-7-3-4-8-22(21)24(27)25(23)18-10-13-19(14-11-18)28-20-12-9-16-5-1-2-6-17(16)15-20/h1-6,9-15,21-22H,7-8H2. The number of ether oxygens (including phenoxy) is 1. The number of nitrogens with zero attached hydrogens (tertiary/aromatic N) is 1. The van der Waals surface area contributed by atoms with Gasteiger partial charge in [-0.25, -0.2) is 0 Å². The molecule has 1 heterocycles. The minimum absolute atomic E-state index is 0.0949. The van der Waals surface area contributed by atoms with Crippen LogP contribution in [0.1, 0.15) is 12.8 Å². The Morgan fingerprint density at radius 3 is 2.00 bits per heavy atom. The summed E-state index contributed by atoms with van der Waals surface area (Å²) in [6, 6.07) is 21.2. The van der Waals surface area contributed by atoms with Crippen molar-refractivity contribution >= 4 is 28.3 Å². The fourth-order valence-electron chi connectivity index (χ4n) is 4.09. The summed E-state index contributed by atoms with van der Waals surface area (Å²) in [6.45, 7) is 0. The molecule has 0 spiro atoms. The first-order valence-electron chi connectivity index (χ1n) is 9.50. The Morgan fingerprint density at radius 2 is 1.32 bits per heavy atom. The first-order chi connectivity index (χ1) is 13.7. The van der Waals surface area contributed by atoms with Crippen LogP contribution < -0.4 is 9.64 Å². The molecule has 5 rings (SSSR count). The lowest BCUT2D eigenvalue weighted by Crippen LogP contribution is -2.30. The van der Waals surface area contributed by atoms with Gasteiger partial charge in [0.2, 0.25) is 11.8 Å². The van der Waals surface area contributed by atoms with Crippen LogP contribution in [0.15, 0.2) is 78.9 Å². The molecule has 1 aliphatic carbocycles. The van der Waals surface area contributed by atoms with Crippen LogP contribution in [0.4, 0.5) is 5.69 Å². The third-order valence-corrected chi connectivity index (χ3v) is 5.56. The fraction of sp³-hybridized carbons (Fsp3) is 0.167. The van der Waals surface area contributed by atoms with Crippen LogP contribution in [0.2, 0.25) is 0 Å². The number of rotatable bonds is 3. The lowest BCUT2D eigenvalue weighted by atomic mass is 9.85. The summed E-state index contributed by atoms with van der Waals surface area (Å²) in [5.74, 6) is 0.788. The molecule has 2 aliphatic rings. The molecule has 2 atom stereocenters. The minimum atomic E-state index is -0.217. The largest absolute Gasteiger partial charge is 0.457 e. The predicted octanol–water partition coefficient (Wildman–Crippen LogP) is 5.09. The number of hydrogen-bond acceptors (Lipinski definition) is 3. The summed E-state index contributed by atoms with van der Waals surface area (Å²) >= 11 is 0. The number of imide groups is 1. The Morgan fingerprint density at radius 1 is 0.714 bits per heavy atom. The highest BCUT2D eigenvalue weighted by atomic mass is 16.5. The summed E-state index contributed by atoms with van der Waals surface area (Å²) in [7, 11) is 0. The summed E-state index contributed by atoms with van der Waals surface area (Å²) in [5, 5.41) is 2.27. The van der Waals surface area contributed by atoms with Crippen molar-refractivity contribution in [3.05, 3.63) is 78.9 Å². The van der Waals surface area contributed by atoms with E-state index in [4.69, 9.17) is 4.74 Å². The van der Waals surface area contributed by atoms with E-state index < -0.39 is 0 Å². The second-order valence-electron chi connectivity index (χ2n) is 7.27. The van der Waals surface area contributed by atoms with E-state index in [1.165, 1.54) is 4.90 Å². The average molecular weight is 369 g/mol. The van der Waals surface area contributed by atoms with Crippen LogP contribution in [0.5, 0.6) is 11.5 Å². The second kappa shape index (κ2) is 6.64. The lowest BCUT2D eigenvalue weighted by Gasteiger charge is -2.15. The molecule has 2 amide bonds. The summed E-state index contributed by atoms with van der Waals surface area (Å²) < 4.78 is 5.95. The maximum Gasteiger partial charge on any atom is 0.238 e. The van der Waals surface area contributed by atoms with E-state index in [1.807, 2.05) is 48.6 Å². The monoisotopic (exact) mass is 369 g/mol. The summed E-state index contributed by atoms with van der Waals surface area (Å²) in [6.07, 6.45) is 5.29. The van der Waals surface area contributed by atoms with E-state index in [1.54, 1.807) is 24.3 Å². The molecule has 0 N–H and O–H groups in total. The van der Waals surface area contributed by atoms with Crippen LogP contribution in [0, 0.1) is 11.8 Å². The molecule has 0 saturated carbocycles. The molecule has 1 fully saturated rings. The number of allylic oxidation sites excluding steroid dienone is 2. The smallest absolute Gasteiger partial charge is 0.238 e. The van der Waals surface area contributed by atoms with Gasteiger partial charge in [-0.3, -0.25) is 14.5 Å². The Kier molecular flexibility index (Phi) is 3.97. The lowest BCUT2D eigenvalue weighted by molar-refractivity contribution is -0.122. The van der Waals surface area contributed by atoms with E-state index in [2.05, 4.69) is 6.07 Å². The maximum atomic E-state index is 12.7. The van der Waals surface area contributed by atoms with Crippen LogP contribution in [-0.4, -0.2) is 11.8 Å². The van der Waals surface area contributed by atoms with Gasteiger partial charge >= 0.3 is 0 Å². The third kappa shape index (κ3) is 2.78. The molecule has 1 aliphatic heterocycles. The molecule has 28 heavy (non-hydrogen) atoms. The van der Waals surface area contributed by atoms with Gasteiger partial charge in [0.25, 0.3) is 0 Å². The molecule has 138 valence electrons. The van der Waals surface area contributed by atoms with Crippen LogP contribution >= 0.6 is 0 Å². The Labute approximate surface area is 163 Å². The molecular formula is C24H19NO3. The van der Waals surface area contributed by atoms with E-state index in [0.717, 1.165) is 16.5 Å². The van der Waals surface area contributed by atoms with Crippen molar-refractivity contribution in [2.45, 2.75) is 12.8 Å². The third-order valence-electron chi connectivity index (χ3n) is 5.56. The SMILES string of the molecule is O=C1C2CC=CCC2C(=O)N1c1ccc(Oc2ccc3ccccc3c2)cc1. The van der Waals surface area contributed by atoms with Crippen molar-refractivity contribution in [1.29, 1.82) is 0 Å². The van der Waals surface area contributed by atoms with Gasteiger partial charge in [-0.15, -0.1) is 0 Å². The number of carbonyl (C=O) groups excluding carboxylic acids is 2. The van der Waals surface area contributed by atoms with E-state index in [0.29, 0.717) is 24.3 Å². The minimum Gasteiger partial charge on any atom is -0.457 e. The molecule has 4 heteroatoms. The zero-order valence-corrected chi connectivity index (χ0v) is 15.2. The molecule has 3 aromatic carbocycles. The van der Waals surface area contributed by atoms with Gasteiger partial charge in [-0.2, -0.15) is 0 Å². The van der Waals surface area contributed by atoms with Crippen LogP contribution in [-0.2, 0) is 9.59 Å². The maximum absolute atomic E-state index is 12.7. The van der Waals surface area contributed by atoms with Crippen molar-refractivity contribution in [2.75, 3.05) is 4.90 Å². The van der Waals surface area contributed by atoms with Crippen LogP contribution in [0.25, 0.3) is 10.8 Å². The van der Waals surface area contributed by atoms with Crippen molar-refractivity contribution in [3.8, 4) is 11.5 Å². The Hall–Kier alpha value is -3.40. The summed E-state index contributed by atoms with van der Waals surface area (Å²) in [4.78, 5) is 26.7. The molecule has 1 saturated heterocycles. The number of hydrogen-bond donors (Lipinski definition) is 0. The zero-order valence-electron chi connectivity index (χ0n) is 15.2. The highest BCUT2D eigenvalue weighted by Gasteiger charge is 2.47. The Balaban J connectivity index is 1.37. The number of carbonyl (C=O) groups is 2. The van der Waals surface area contributed by atoms with Crippen molar-refractivity contribution < 1.29 is 14.3 Å². The van der Waals surface area contributed by atoms with Gasteiger partial charge in [-0.1, -0.05) is 42.5 Å².